The summed E-state index contributed by atoms with van der Waals surface area (Å²) in [4.78, 5) is 6.54. The Kier molecular flexibility index (Phi) is 6.26. The van der Waals surface area contributed by atoms with Crippen LogP contribution in [0.2, 0.25) is 0 Å². The molecule has 0 aliphatic rings. The second-order valence-electron chi connectivity index (χ2n) is 5.16. The molecule has 0 saturated heterocycles. The Labute approximate surface area is 122 Å². The summed E-state index contributed by atoms with van der Waals surface area (Å²) in [7, 11) is 0. The molecule has 0 aromatic carbocycles. The highest BCUT2D eigenvalue weighted by Gasteiger charge is 2.31. The molecule has 20 heavy (non-hydrogen) atoms. The summed E-state index contributed by atoms with van der Waals surface area (Å²) in [6, 6.07) is 0. The molecule has 1 aromatic heterocycles. The number of rotatable bonds is 7. The number of nitrogens with one attached hydrogen (secondary N) is 1. The smallest absolute Gasteiger partial charge is 0.339 e. The molecule has 0 amide bonds. The molecule has 1 heterocycles. The van der Waals surface area contributed by atoms with Crippen molar-refractivity contribution in [3.8, 4) is 0 Å². The molecule has 116 valence electrons. The molecule has 0 bridgehead atoms. The average Bonchev–Trinajstić information content (AvgIpc) is 2.66. The fraction of sp³-hybridized carbons (Fsp3) is 0.769. The molecule has 0 fully saturated rings. The van der Waals surface area contributed by atoms with Gasteiger partial charge in [0, 0.05) is 18.0 Å². The lowest BCUT2D eigenvalue weighted by Gasteiger charge is -2.21. The predicted molar refractivity (Wildman–Crippen MR) is 77.3 cm³/mol. The Hall–Kier alpha value is -0.820. The minimum absolute atomic E-state index is 0.297. The molecular weight excluding hydrogens is 287 g/mol. The summed E-state index contributed by atoms with van der Waals surface area (Å²) in [5.74, 6) is 0.542. The summed E-state index contributed by atoms with van der Waals surface area (Å²) in [6.07, 6.45) is -4.20. The Morgan fingerprint density at radius 1 is 1.35 bits per heavy atom. The maximum absolute atomic E-state index is 12.5. The minimum atomic E-state index is -4.20. The lowest BCUT2D eigenvalue weighted by atomic mass is 10.2. The van der Waals surface area contributed by atoms with Crippen molar-refractivity contribution in [2.75, 3.05) is 24.5 Å². The van der Waals surface area contributed by atoms with Crippen LogP contribution in [0.15, 0.2) is 0 Å². The standard InChI is InChI=1S/C13H22F3N3S/c1-5-19(8-13(14,15)16)12-18-10(4)11(20-12)7-17-6-9(2)3/h9,17H,5-8H2,1-4H3. The molecule has 3 nitrogen and oxygen atoms in total. The quantitative estimate of drug-likeness (QED) is 0.834. The molecule has 1 rings (SSSR count). The van der Waals surface area contributed by atoms with Gasteiger partial charge in [0.25, 0.3) is 0 Å². The van der Waals surface area contributed by atoms with Gasteiger partial charge in [-0.15, -0.1) is 11.3 Å². The molecule has 0 aliphatic carbocycles. The molecule has 0 spiro atoms. The number of halogens is 3. The van der Waals surface area contributed by atoms with Gasteiger partial charge in [0.2, 0.25) is 0 Å². The zero-order valence-corrected chi connectivity index (χ0v) is 13.2. The highest BCUT2D eigenvalue weighted by molar-refractivity contribution is 7.15. The molecule has 1 aromatic rings. The molecule has 0 saturated carbocycles. The van der Waals surface area contributed by atoms with Gasteiger partial charge in [0.1, 0.15) is 6.54 Å². The summed E-state index contributed by atoms with van der Waals surface area (Å²) in [5, 5.41) is 3.74. The van der Waals surface area contributed by atoms with Crippen molar-refractivity contribution in [1.29, 1.82) is 0 Å². The van der Waals surface area contributed by atoms with Crippen molar-refractivity contribution in [3.63, 3.8) is 0 Å². The van der Waals surface area contributed by atoms with Crippen molar-refractivity contribution in [1.82, 2.24) is 10.3 Å². The van der Waals surface area contributed by atoms with E-state index in [1.165, 1.54) is 16.2 Å². The number of aromatic nitrogens is 1. The van der Waals surface area contributed by atoms with Gasteiger partial charge in [0.15, 0.2) is 5.13 Å². The maximum atomic E-state index is 12.5. The highest BCUT2D eigenvalue weighted by atomic mass is 32.1. The minimum Gasteiger partial charge on any atom is -0.339 e. The third kappa shape index (κ3) is 5.66. The van der Waals surface area contributed by atoms with Crippen LogP contribution in [0, 0.1) is 12.8 Å². The predicted octanol–water partition coefficient (Wildman–Crippen LogP) is 3.59. The van der Waals surface area contributed by atoms with Crippen molar-refractivity contribution < 1.29 is 13.2 Å². The lowest BCUT2D eigenvalue weighted by molar-refractivity contribution is -0.119. The van der Waals surface area contributed by atoms with Gasteiger partial charge >= 0.3 is 6.18 Å². The maximum Gasteiger partial charge on any atom is 0.406 e. The SMILES string of the molecule is CCN(CC(F)(F)F)c1nc(C)c(CNCC(C)C)s1. The average molecular weight is 309 g/mol. The second-order valence-corrected chi connectivity index (χ2v) is 6.22. The molecule has 0 unspecified atom stereocenters. The molecular formula is C13H22F3N3S. The first-order valence-electron chi connectivity index (χ1n) is 6.71. The zero-order chi connectivity index (χ0) is 15.3. The van der Waals surface area contributed by atoms with Crippen LogP contribution in [0.1, 0.15) is 31.3 Å². The van der Waals surface area contributed by atoms with Crippen LogP contribution >= 0.6 is 11.3 Å². The van der Waals surface area contributed by atoms with Crippen LogP contribution < -0.4 is 10.2 Å². The second kappa shape index (κ2) is 7.26. The van der Waals surface area contributed by atoms with E-state index >= 15 is 0 Å². The van der Waals surface area contributed by atoms with Gasteiger partial charge in [-0.2, -0.15) is 13.2 Å². The Morgan fingerprint density at radius 3 is 2.50 bits per heavy atom. The number of aryl methyl sites for hydroxylation is 1. The first-order chi connectivity index (χ1) is 9.23. The third-order valence-corrected chi connectivity index (χ3v) is 3.96. The van der Waals surface area contributed by atoms with Gasteiger partial charge in [-0.3, -0.25) is 0 Å². The number of nitrogens with zero attached hydrogens (tertiary/aromatic N) is 2. The Morgan fingerprint density at radius 2 is 2.00 bits per heavy atom. The first-order valence-corrected chi connectivity index (χ1v) is 7.53. The van der Waals surface area contributed by atoms with Gasteiger partial charge in [-0.05, 0) is 26.3 Å². The highest BCUT2D eigenvalue weighted by Crippen LogP contribution is 2.28. The molecule has 0 atom stereocenters. The Bertz CT molecular complexity index is 415. The van der Waals surface area contributed by atoms with Crippen LogP contribution in [0.25, 0.3) is 0 Å². The van der Waals surface area contributed by atoms with E-state index in [1.807, 2.05) is 6.92 Å². The monoisotopic (exact) mass is 309 g/mol. The fourth-order valence-corrected chi connectivity index (χ4v) is 2.81. The van der Waals surface area contributed by atoms with Crippen molar-refractivity contribution in [2.24, 2.45) is 5.92 Å². The summed E-state index contributed by atoms with van der Waals surface area (Å²) in [5.41, 5.74) is 0.807. The van der Waals surface area contributed by atoms with E-state index < -0.39 is 12.7 Å². The van der Waals surface area contributed by atoms with Gasteiger partial charge in [-0.1, -0.05) is 13.8 Å². The van der Waals surface area contributed by atoms with Crippen LogP contribution in [-0.4, -0.2) is 30.8 Å². The Balaban J connectivity index is 2.71. The molecule has 7 heteroatoms. The van der Waals surface area contributed by atoms with Crippen molar-refractivity contribution in [2.45, 2.75) is 40.4 Å². The third-order valence-electron chi connectivity index (χ3n) is 2.74. The molecule has 0 radical (unpaired) electrons. The zero-order valence-electron chi connectivity index (χ0n) is 12.3. The van der Waals surface area contributed by atoms with E-state index in [0.717, 1.165) is 17.1 Å². The fourth-order valence-electron chi connectivity index (χ4n) is 1.72. The van der Waals surface area contributed by atoms with Gasteiger partial charge in [-0.25, -0.2) is 4.98 Å². The van der Waals surface area contributed by atoms with Crippen LogP contribution in [0.4, 0.5) is 18.3 Å². The molecule has 0 aliphatic heterocycles. The number of thiazole rings is 1. The van der Waals surface area contributed by atoms with Gasteiger partial charge in [0.05, 0.1) is 5.69 Å². The van der Waals surface area contributed by atoms with Crippen molar-refractivity contribution >= 4 is 16.5 Å². The molecule has 1 N–H and O–H groups in total. The summed E-state index contributed by atoms with van der Waals surface area (Å²) in [6.45, 7) is 8.66. The van der Waals surface area contributed by atoms with Crippen molar-refractivity contribution in [3.05, 3.63) is 10.6 Å². The number of hydrogen-bond donors (Lipinski definition) is 1. The number of anilines is 1. The van der Waals surface area contributed by atoms with E-state index in [9.17, 15) is 13.2 Å². The van der Waals surface area contributed by atoms with Crippen LogP contribution in [0.3, 0.4) is 0 Å². The van der Waals surface area contributed by atoms with Crippen LogP contribution in [-0.2, 0) is 6.54 Å². The normalized spacial score (nSPS) is 12.2. The van der Waals surface area contributed by atoms with E-state index in [4.69, 9.17) is 0 Å². The summed E-state index contributed by atoms with van der Waals surface area (Å²) >= 11 is 1.34. The van der Waals surface area contributed by atoms with Crippen LogP contribution in [0.5, 0.6) is 0 Å². The van der Waals surface area contributed by atoms with E-state index in [1.54, 1.807) is 6.92 Å². The van der Waals surface area contributed by atoms with E-state index in [0.29, 0.717) is 24.1 Å². The van der Waals surface area contributed by atoms with E-state index in [-0.39, 0.29) is 0 Å². The lowest BCUT2D eigenvalue weighted by Crippen LogP contribution is -2.33. The summed E-state index contributed by atoms with van der Waals surface area (Å²) < 4.78 is 37.5. The largest absolute Gasteiger partial charge is 0.406 e. The van der Waals surface area contributed by atoms with Gasteiger partial charge < -0.3 is 10.2 Å². The number of hydrogen-bond acceptors (Lipinski definition) is 4. The topological polar surface area (TPSA) is 28.2 Å². The van der Waals surface area contributed by atoms with E-state index in [2.05, 4.69) is 24.1 Å². The number of alkyl halides is 3. The first kappa shape index (κ1) is 17.2.